The zero-order valence-electron chi connectivity index (χ0n) is 11.3. The van der Waals surface area contributed by atoms with Gasteiger partial charge in [-0.15, -0.1) is 0 Å². The molecule has 0 spiro atoms. The van der Waals surface area contributed by atoms with Crippen LogP contribution in [0.5, 0.6) is 0 Å². The van der Waals surface area contributed by atoms with Crippen LogP contribution in [0.2, 0.25) is 0 Å². The molecular weight excluding hydrogens is 224 g/mol. The van der Waals surface area contributed by atoms with Crippen LogP contribution in [-0.2, 0) is 6.42 Å². The van der Waals surface area contributed by atoms with Gasteiger partial charge in [-0.25, -0.2) is 0 Å². The van der Waals surface area contributed by atoms with E-state index < -0.39 is 0 Å². The van der Waals surface area contributed by atoms with Crippen LogP contribution in [0.25, 0.3) is 0 Å². The Kier molecular flexibility index (Phi) is 5.14. The molecule has 2 unspecified atom stereocenters. The minimum atomic E-state index is -0.144. The van der Waals surface area contributed by atoms with Crippen molar-refractivity contribution in [2.24, 2.45) is 0 Å². The quantitative estimate of drug-likeness (QED) is 0.830. The van der Waals surface area contributed by atoms with E-state index in [4.69, 9.17) is 0 Å². The average Bonchev–Trinajstić information content (AvgIpc) is 2.62. The summed E-state index contributed by atoms with van der Waals surface area (Å²) in [5, 5.41) is 10.2. The highest BCUT2D eigenvalue weighted by Gasteiger charge is 2.24. The van der Waals surface area contributed by atoms with Crippen LogP contribution < -0.4 is 0 Å². The zero-order chi connectivity index (χ0) is 12.8. The smallest absolute Gasteiger partial charge is 0.0695 e. The van der Waals surface area contributed by atoms with Crippen molar-refractivity contribution in [1.82, 2.24) is 9.88 Å². The summed E-state index contributed by atoms with van der Waals surface area (Å²) in [5.41, 5.74) is 1.32. The molecule has 0 bridgehead atoms. The minimum absolute atomic E-state index is 0.144. The van der Waals surface area contributed by atoms with Gasteiger partial charge in [0.15, 0.2) is 0 Å². The summed E-state index contributed by atoms with van der Waals surface area (Å²) in [6.45, 7) is 1.01. The molecule has 1 aliphatic rings. The predicted octanol–water partition coefficient (Wildman–Crippen LogP) is 2.25. The lowest BCUT2D eigenvalue weighted by atomic mass is 10.0. The topological polar surface area (TPSA) is 36.4 Å². The van der Waals surface area contributed by atoms with Crippen LogP contribution in [0.3, 0.4) is 0 Å². The minimum Gasteiger partial charge on any atom is -0.391 e. The number of aliphatic hydroxyl groups excluding tert-OH is 1. The zero-order valence-corrected chi connectivity index (χ0v) is 11.3. The Bertz CT molecular complexity index is 342. The number of pyridine rings is 1. The molecule has 0 radical (unpaired) electrons. The molecule has 1 fully saturated rings. The molecule has 1 aromatic heterocycles. The van der Waals surface area contributed by atoms with Crippen molar-refractivity contribution in [2.75, 3.05) is 13.6 Å². The van der Waals surface area contributed by atoms with E-state index in [0.717, 1.165) is 25.8 Å². The van der Waals surface area contributed by atoms with Gasteiger partial charge in [0.2, 0.25) is 0 Å². The number of aromatic nitrogens is 1. The second-order valence-electron chi connectivity index (χ2n) is 5.36. The van der Waals surface area contributed by atoms with E-state index in [9.17, 15) is 5.11 Å². The molecule has 3 nitrogen and oxygen atoms in total. The Morgan fingerprint density at radius 1 is 1.22 bits per heavy atom. The fourth-order valence-electron chi connectivity index (χ4n) is 2.80. The maximum atomic E-state index is 10.2. The summed E-state index contributed by atoms with van der Waals surface area (Å²) in [7, 11) is 2.14. The monoisotopic (exact) mass is 248 g/mol. The van der Waals surface area contributed by atoms with Gasteiger partial charge in [0.05, 0.1) is 6.10 Å². The highest BCUT2D eigenvalue weighted by atomic mass is 16.3. The fraction of sp³-hybridized carbons (Fsp3) is 0.667. The van der Waals surface area contributed by atoms with E-state index in [2.05, 4.69) is 29.1 Å². The van der Waals surface area contributed by atoms with E-state index in [1.54, 1.807) is 0 Å². The molecule has 0 aliphatic heterocycles. The van der Waals surface area contributed by atoms with Crippen molar-refractivity contribution in [3.8, 4) is 0 Å². The van der Waals surface area contributed by atoms with Gasteiger partial charge in [0.25, 0.3) is 0 Å². The van der Waals surface area contributed by atoms with Gasteiger partial charge in [-0.05, 0) is 44.0 Å². The largest absolute Gasteiger partial charge is 0.391 e. The second-order valence-corrected chi connectivity index (χ2v) is 5.36. The van der Waals surface area contributed by atoms with E-state index in [-0.39, 0.29) is 6.10 Å². The van der Waals surface area contributed by atoms with Gasteiger partial charge < -0.3 is 10.0 Å². The molecule has 0 aromatic carbocycles. The number of hydrogen-bond donors (Lipinski definition) is 1. The van der Waals surface area contributed by atoms with E-state index in [1.165, 1.54) is 24.8 Å². The molecule has 0 saturated heterocycles. The van der Waals surface area contributed by atoms with Gasteiger partial charge in [0, 0.05) is 25.0 Å². The summed E-state index contributed by atoms with van der Waals surface area (Å²) >= 11 is 0. The SMILES string of the molecule is CN(CCc1ccncc1)C1CCCCCC1O. The molecule has 100 valence electrons. The second kappa shape index (κ2) is 6.86. The van der Waals surface area contributed by atoms with Crippen LogP contribution >= 0.6 is 0 Å². The summed E-state index contributed by atoms with van der Waals surface area (Å²) in [4.78, 5) is 6.36. The first-order valence-electron chi connectivity index (χ1n) is 7.04. The molecule has 1 aromatic rings. The lowest BCUT2D eigenvalue weighted by Crippen LogP contribution is -2.41. The van der Waals surface area contributed by atoms with Gasteiger partial charge in [-0.3, -0.25) is 4.98 Å². The first kappa shape index (κ1) is 13.5. The van der Waals surface area contributed by atoms with E-state index >= 15 is 0 Å². The Hall–Kier alpha value is -0.930. The summed E-state index contributed by atoms with van der Waals surface area (Å²) in [6, 6.07) is 4.48. The molecule has 2 atom stereocenters. The number of nitrogens with zero attached hydrogens (tertiary/aromatic N) is 2. The van der Waals surface area contributed by atoms with Gasteiger partial charge in [-0.2, -0.15) is 0 Å². The van der Waals surface area contributed by atoms with Gasteiger partial charge in [0.1, 0.15) is 0 Å². The summed E-state index contributed by atoms with van der Waals surface area (Å²) in [6.07, 6.45) is 10.4. The number of rotatable bonds is 4. The first-order valence-corrected chi connectivity index (χ1v) is 7.04. The summed E-state index contributed by atoms with van der Waals surface area (Å²) in [5.74, 6) is 0. The lowest BCUT2D eigenvalue weighted by Gasteiger charge is -2.30. The third-order valence-electron chi connectivity index (χ3n) is 4.01. The Labute approximate surface area is 110 Å². The van der Waals surface area contributed by atoms with E-state index in [1.807, 2.05) is 12.4 Å². The molecule has 3 heteroatoms. The first-order chi connectivity index (χ1) is 8.77. The van der Waals surface area contributed by atoms with Crippen molar-refractivity contribution >= 4 is 0 Å². The van der Waals surface area contributed by atoms with Crippen LogP contribution in [0, 0.1) is 0 Å². The third-order valence-corrected chi connectivity index (χ3v) is 4.01. The van der Waals surface area contributed by atoms with Crippen LogP contribution in [0.4, 0.5) is 0 Å². The van der Waals surface area contributed by atoms with Crippen molar-refractivity contribution in [2.45, 2.75) is 50.7 Å². The van der Waals surface area contributed by atoms with Crippen LogP contribution in [0.1, 0.15) is 37.7 Å². The average molecular weight is 248 g/mol. The van der Waals surface area contributed by atoms with Gasteiger partial charge >= 0.3 is 0 Å². The molecule has 1 heterocycles. The van der Waals surface area contributed by atoms with Gasteiger partial charge in [-0.1, -0.05) is 19.3 Å². The van der Waals surface area contributed by atoms with Crippen molar-refractivity contribution in [3.05, 3.63) is 30.1 Å². The summed E-state index contributed by atoms with van der Waals surface area (Å²) < 4.78 is 0. The Morgan fingerprint density at radius 3 is 2.72 bits per heavy atom. The maximum Gasteiger partial charge on any atom is 0.0695 e. The predicted molar refractivity (Wildman–Crippen MR) is 73.5 cm³/mol. The third kappa shape index (κ3) is 3.79. The molecule has 1 N–H and O–H groups in total. The van der Waals surface area contributed by atoms with Crippen LogP contribution in [-0.4, -0.2) is 40.7 Å². The molecule has 2 rings (SSSR count). The molecular formula is C15H24N2O. The standard InChI is InChI=1S/C15H24N2O/c1-17(12-9-13-7-10-16-11-8-13)14-5-3-2-4-6-15(14)18/h7-8,10-11,14-15,18H,2-6,9,12H2,1H3. The highest BCUT2D eigenvalue weighted by Crippen LogP contribution is 2.21. The molecule has 1 saturated carbocycles. The normalized spacial score (nSPS) is 25.1. The lowest BCUT2D eigenvalue weighted by molar-refractivity contribution is 0.0586. The van der Waals surface area contributed by atoms with E-state index in [0.29, 0.717) is 6.04 Å². The number of hydrogen-bond acceptors (Lipinski definition) is 3. The van der Waals surface area contributed by atoms with Crippen molar-refractivity contribution in [1.29, 1.82) is 0 Å². The maximum absolute atomic E-state index is 10.2. The van der Waals surface area contributed by atoms with Crippen molar-refractivity contribution < 1.29 is 5.11 Å². The Morgan fingerprint density at radius 2 is 1.94 bits per heavy atom. The molecule has 0 amide bonds. The van der Waals surface area contributed by atoms with Crippen LogP contribution in [0.15, 0.2) is 24.5 Å². The molecule has 18 heavy (non-hydrogen) atoms. The Balaban J connectivity index is 1.84. The van der Waals surface area contributed by atoms with Crippen molar-refractivity contribution in [3.63, 3.8) is 0 Å². The number of aliphatic hydroxyl groups is 1. The number of likely N-dealkylation sites (N-methyl/N-ethyl adjacent to an activating group) is 1. The molecule has 1 aliphatic carbocycles. The fourth-order valence-corrected chi connectivity index (χ4v) is 2.80. The highest BCUT2D eigenvalue weighted by molar-refractivity contribution is 5.09.